The summed E-state index contributed by atoms with van der Waals surface area (Å²) in [6, 6.07) is 8.19. The Bertz CT molecular complexity index is 599. The molecule has 1 heterocycles. The van der Waals surface area contributed by atoms with Gasteiger partial charge in [-0.15, -0.1) is 0 Å². The lowest BCUT2D eigenvalue weighted by Crippen LogP contribution is -2.13. The second-order valence-electron chi connectivity index (χ2n) is 4.04. The lowest BCUT2D eigenvalue weighted by molar-refractivity contribution is 0.0697. The molecule has 0 spiro atoms. The van der Waals surface area contributed by atoms with Gasteiger partial charge in [-0.1, -0.05) is 0 Å². The zero-order valence-electron chi connectivity index (χ0n) is 11.3. The van der Waals surface area contributed by atoms with Crippen LogP contribution in [0.15, 0.2) is 36.5 Å². The molecule has 0 radical (unpaired) electrons. The number of anilines is 2. The fourth-order valence-corrected chi connectivity index (χ4v) is 1.67. The van der Waals surface area contributed by atoms with Gasteiger partial charge in [-0.2, -0.15) is 4.98 Å². The van der Waals surface area contributed by atoms with Gasteiger partial charge >= 0.3 is 5.97 Å². The summed E-state index contributed by atoms with van der Waals surface area (Å²) < 4.78 is 5.33. The van der Waals surface area contributed by atoms with Crippen molar-refractivity contribution in [1.82, 2.24) is 9.97 Å². The van der Waals surface area contributed by atoms with E-state index in [-0.39, 0.29) is 5.56 Å². The molecule has 0 amide bonds. The number of carboxylic acid groups (broad SMARTS) is 1. The summed E-state index contributed by atoms with van der Waals surface area (Å²) in [6.07, 6.45) is 1.62. The van der Waals surface area contributed by atoms with Crippen molar-refractivity contribution in [3.05, 3.63) is 42.1 Å². The number of carbonyl (C=O) groups is 1. The van der Waals surface area contributed by atoms with Crippen molar-refractivity contribution in [2.45, 2.75) is 6.92 Å². The highest BCUT2D eigenvalue weighted by Gasteiger charge is 2.09. The molecule has 0 saturated carbocycles. The maximum Gasteiger partial charge on any atom is 0.335 e. The molecule has 6 nitrogen and oxygen atoms in total. The molecule has 0 aliphatic rings. The summed E-state index contributed by atoms with van der Waals surface area (Å²) in [5, 5.41) is 8.87. The van der Waals surface area contributed by atoms with Crippen molar-refractivity contribution in [2.24, 2.45) is 0 Å². The SMILES string of the molecule is CCOc1ccnc(N(C)c2ccc(C(=O)O)cc2)n1. The summed E-state index contributed by atoms with van der Waals surface area (Å²) in [4.78, 5) is 21.0. The van der Waals surface area contributed by atoms with Crippen molar-refractivity contribution >= 4 is 17.6 Å². The molecule has 0 bridgehead atoms. The van der Waals surface area contributed by atoms with Gasteiger partial charge in [0.1, 0.15) is 0 Å². The van der Waals surface area contributed by atoms with Crippen LogP contribution >= 0.6 is 0 Å². The van der Waals surface area contributed by atoms with Gasteiger partial charge in [0.15, 0.2) is 0 Å². The van der Waals surface area contributed by atoms with E-state index in [4.69, 9.17) is 9.84 Å². The van der Waals surface area contributed by atoms with Crippen LogP contribution < -0.4 is 9.64 Å². The number of hydrogen-bond acceptors (Lipinski definition) is 5. The quantitative estimate of drug-likeness (QED) is 0.901. The largest absolute Gasteiger partial charge is 0.478 e. The van der Waals surface area contributed by atoms with Crippen LogP contribution in [0.2, 0.25) is 0 Å². The highest BCUT2D eigenvalue weighted by Crippen LogP contribution is 2.21. The Morgan fingerprint density at radius 1 is 1.30 bits per heavy atom. The molecule has 0 saturated heterocycles. The van der Waals surface area contributed by atoms with E-state index < -0.39 is 5.97 Å². The molecular weight excluding hydrogens is 258 g/mol. The average molecular weight is 273 g/mol. The van der Waals surface area contributed by atoms with Gasteiger partial charge in [0, 0.05) is 25.0 Å². The first-order valence-corrected chi connectivity index (χ1v) is 6.14. The number of rotatable bonds is 5. The number of ether oxygens (including phenoxy) is 1. The predicted octanol–water partition coefficient (Wildman–Crippen LogP) is 2.34. The van der Waals surface area contributed by atoms with Crippen molar-refractivity contribution in [3.8, 4) is 5.88 Å². The third kappa shape index (κ3) is 3.03. The third-order valence-corrected chi connectivity index (χ3v) is 2.71. The Balaban J connectivity index is 2.23. The Kier molecular flexibility index (Phi) is 4.14. The first-order valence-electron chi connectivity index (χ1n) is 6.14. The van der Waals surface area contributed by atoms with E-state index in [1.807, 2.05) is 6.92 Å². The minimum atomic E-state index is -0.950. The van der Waals surface area contributed by atoms with Gasteiger partial charge in [0.05, 0.1) is 12.2 Å². The third-order valence-electron chi connectivity index (χ3n) is 2.71. The molecular formula is C14H15N3O3. The van der Waals surface area contributed by atoms with Gasteiger partial charge < -0.3 is 14.7 Å². The van der Waals surface area contributed by atoms with E-state index in [1.165, 1.54) is 0 Å². The molecule has 1 aromatic heterocycles. The normalized spacial score (nSPS) is 10.1. The van der Waals surface area contributed by atoms with Gasteiger partial charge in [-0.3, -0.25) is 0 Å². The minimum absolute atomic E-state index is 0.242. The molecule has 2 aromatic rings. The van der Waals surface area contributed by atoms with Crippen LogP contribution in [0.25, 0.3) is 0 Å². The standard InChI is InChI=1S/C14H15N3O3/c1-3-20-12-8-9-15-14(16-12)17(2)11-6-4-10(5-7-11)13(18)19/h4-9H,3H2,1-2H3,(H,18,19). The van der Waals surface area contributed by atoms with Crippen LogP contribution in [0.3, 0.4) is 0 Å². The van der Waals surface area contributed by atoms with E-state index >= 15 is 0 Å². The highest BCUT2D eigenvalue weighted by molar-refractivity contribution is 5.88. The van der Waals surface area contributed by atoms with E-state index in [1.54, 1.807) is 48.5 Å². The number of aromatic carboxylic acids is 1. The molecule has 1 aromatic carbocycles. The summed E-state index contributed by atoms with van der Waals surface area (Å²) in [7, 11) is 1.81. The van der Waals surface area contributed by atoms with Crippen LogP contribution in [0, 0.1) is 0 Å². The Morgan fingerprint density at radius 3 is 2.60 bits per heavy atom. The summed E-state index contributed by atoms with van der Waals surface area (Å²) in [5.74, 6) is 0.0410. The van der Waals surface area contributed by atoms with Crippen LogP contribution in [0.4, 0.5) is 11.6 Å². The molecule has 104 valence electrons. The fourth-order valence-electron chi connectivity index (χ4n) is 1.67. The predicted molar refractivity (Wildman–Crippen MR) is 74.7 cm³/mol. The number of carboxylic acids is 1. The molecule has 0 aliphatic heterocycles. The molecule has 20 heavy (non-hydrogen) atoms. The van der Waals surface area contributed by atoms with Crippen LogP contribution in [0.5, 0.6) is 5.88 Å². The smallest absolute Gasteiger partial charge is 0.335 e. The maximum atomic E-state index is 10.8. The first kappa shape index (κ1) is 13.8. The lowest BCUT2D eigenvalue weighted by atomic mass is 10.2. The Hall–Kier alpha value is -2.63. The Morgan fingerprint density at radius 2 is 2.00 bits per heavy atom. The van der Waals surface area contributed by atoms with Crippen LogP contribution in [-0.2, 0) is 0 Å². The number of benzene rings is 1. The fraction of sp³-hybridized carbons (Fsp3) is 0.214. The molecule has 2 rings (SSSR count). The van der Waals surface area contributed by atoms with Gasteiger partial charge in [-0.05, 0) is 31.2 Å². The molecule has 0 atom stereocenters. The highest BCUT2D eigenvalue weighted by atomic mass is 16.5. The topological polar surface area (TPSA) is 75.5 Å². The second-order valence-corrected chi connectivity index (χ2v) is 4.04. The summed E-state index contributed by atoms with van der Waals surface area (Å²) in [6.45, 7) is 2.42. The average Bonchev–Trinajstić information content (AvgIpc) is 2.47. The number of nitrogens with zero attached hydrogens (tertiary/aromatic N) is 3. The molecule has 0 unspecified atom stereocenters. The Labute approximate surface area is 116 Å². The van der Waals surface area contributed by atoms with E-state index in [0.717, 1.165) is 5.69 Å². The lowest BCUT2D eigenvalue weighted by Gasteiger charge is -2.17. The van der Waals surface area contributed by atoms with E-state index in [0.29, 0.717) is 18.4 Å². The summed E-state index contributed by atoms with van der Waals surface area (Å²) in [5.41, 5.74) is 1.04. The van der Waals surface area contributed by atoms with Crippen LogP contribution in [-0.4, -0.2) is 34.7 Å². The molecule has 0 fully saturated rings. The minimum Gasteiger partial charge on any atom is -0.478 e. The zero-order valence-corrected chi connectivity index (χ0v) is 11.3. The molecule has 6 heteroatoms. The van der Waals surface area contributed by atoms with Crippen molar-refractivity contribution < 1.29 is 14.6 Å². The number of hydrogen-bond donors (Lipinski definition) is 1. The maximum absolute atomic E-state index is 10.8. The van der Waals surface area contributed by atoms with Crippen molar-refractivity contribution in [3.63, 3.8) is 0 Å². The van der Waals surface area contributed by atoms with Crippen molar-refractivity contribution in [1.29, 1.82) is 0 Å². The summed E-state index contributed by atoms with van der Waals surface area (Å²) >= 11 is 0. The van der Waals surface area contributed by atoms with Gasteiger partial charge in [-0.25, -0.2) is 9.78 Å². The first-order chi connectivity index (χ1) is 9.61. The van der Waals surface area contributed by atoms with Crippen LogP contribution in [0.1, 0.15) is 17.3 Å². The molecule has 0 aliphatic carbocycles. The number of aromatic nitrogens is 2. The second kappa shape index (κ2) is 6.01. The van der Waals surface area contributed by atoms with Gasteiger partial charge in [0.2, 0.25) is 11.8 Å². The monoisotopic (exact) mass is 273 g/mol. The van der Waals surface area contributed by atoms with E-state index in [2.05, 4.69) is 9.97 Å². The van der Waals surface area contributed by atoms with E-state index in [9.17, 15) is 4.79 Å². The zero-order chi connectivity index (χ0) is 14.5. The van der Waals surface area contributed by atoms with Gasteiger partial charge in [0.25, 0.3) is 0 Å². The molecule has 1 N–H and O–H groups in total. The van der Waals surface area contributed by atoms with Crippen molar-refractivity contribution in [2.75, 3.05) is 18.6 Å².